The fourth-order valence-corrected chi connectivity index (χ4v) is 4.05. The molecule has 0 amide bonds. The maximum Gasteiger partial charge on any atom is 0.0593 e. The van der Waals surface area contributed by atoms with Gasteiger partial charge in [-0.3, -0.25) is 0 Å². The summed E-state index contributed by atoms with van der Waals surface area (Å²) in [6, 6.07) is 0. The van der Waals surface area contributed by atoms with Crippen LogP contribution in [0.2, 0.25) is 0 Å². The van der Waals surface area contributed by atoms with Crippen LogP contribution in [0.5, 0.6) is 0 Å². The minimum atomic E-state index is -0.363. The molecule has 0 spiro atoms. The van der Waals surface area contributed by atoms with Crippen molar-refractivity contribution in [3.05, 3.63) is 0 Å². The molecule has 2 rings (SSSR count). The third kappa shape index (κ3) is 4.92. The molecule has 124 valence electrons. The summed E-state index contributed by atoms with van der Waals surface area (Å²) < 4.78 is 10.7. The summed E-state index contributed by atoms with van der Waals surface area (Å²) in [7, 11) is 3.53. The van der Waals surface area contributed by atoms with E-state index in [-0.39, 0.29) is 12.2 Å². The zero-order valence-electron chi connectivity index (χ0n) is 13.5. The first-order valence-electron chi connectivity index (χ1n) is 8.55. The summed E-state index contributed by atoms with van der Waals surface area (Å²) in [4.78, 5) is 0. The monoisotopic (exact) mass is 300 g/mol. The third-order valence-electron chi connectivity index (χ3n) is 5.68. The van der Waals surface area contributed by atoms with Crippen LogP contribution < -0.4 is 0 Å². The Labute approximate surface area is 128 Å². The highest BCUT2D eigenvalue weighted by molar-refractivity contribution is 4.83. The van der Waals surface area contributed by atoms with Gasteiger partial charge in [-0.05, 0) is 69.6 Å². The molecule has 2 unspecified atom stereocenters. The van der Waals surface area contributed by atoms with Crippen LogP contribution in [0.3, 0.4) is 0 Å². The molecule has 2 fully saturated rings. The molecule has 2 atom stereocenters. The maximum absolute atomic E-state index is 10.4. The SMILES string of the molecule is COC1CCC(C(O)CC(O)C2CCC(OC)CC2)CC1. The fraction of sp³-hybridized carbons (Fsp3) is 1.00. The van der Waals surface area contributed by atoms with Crippen molar-refractivity contribution < 1.29 is 19.7 Å². The lowest BCUT2D eigenvalue weighted by Crippen LogP contribution is -2.35. The molecule has 0 bridgehead atoms. The molecule has 0 saturated heterocycles. The van der Waals surface area contributed by atoms with Crippen LogP contribution in [0.25, 0.3) is 0 Å². The van der Waals surface area contributed by atoms with E-state index in [4.69, 9.17) is 9.47 Å². The van der Waals surface area contributed by atoms with Crippen molar-refractivity contribution >= 4 is 0 Å². The smallest absolute Gasteiger partial charge is 0.0593 e. The highest BCUT2D eigenvalue weighted by atomic mass is 16.5. The maximum atomic E-state index is 10.4. The Kier molecular flexibility index (Phi) is 6.93. The lowest BCUT2D eigenvalue weighted by atomic mass is 9.78. The summed E-state index contributed by atoms with van der Waals surface area (Å²) in [5, 5.41) is 20.8. The molecule has 0 heterocycles. The minimum Gasteiger partial charge on any atom is -0.393 e. The topological polar surface area (TPSA) is 58.9 Å². The van der Waals surface area contributed by atoms with Gasteiger partial charge in [0.15, 0.2) is 0 Å². The lowest BCUT2D eigenvalue weighted by molar-refractivity contribution is -0.0277. The molecule has 0 radical (unpaired) electrons. The zero-order chi connectivity index (χ0) is 15.2. The van der Waals surface area contributed by atoms with Gasteiger partial charge in [-0.15, -0.1) is 0 Å². The first-order chi connectivity index (χ1) is 10.1. The molecule has 2 aliphatic carbocycles. The van der Waals surface area contributed by atoms with Crippen LogP contribution in [0.15, 0.2) is 0 Å². The third-order valence-corrected chi connectivity index (χ3v) is 5.68. The van der Waals surface area contributed by atoms with Crippen LogP contribution in [0.1, 0.15) is 57.8 Å². The van der Waals surface area contributed by atoms with E-state index in [0.717, 1.165) is 51.4 Å². The van der Waals surface area contributed by atoms with E-state index < -0.39 is 0 Å². The summed E-state index contributed by atoms with van der Waals surface area (Å²) in [6.07, 6.45) is 8.74. The molecule has 4 nitrogen and oxygen atoms in total. The van der Waals surface area contributed by atoms with Gasteiger partial charge in [0, 0.05) is 14.2 Å². The van der Waals surface area contributed by atoms with Crippen molar-refractivity contribution in [2.45, 2.75) is 82.2 Å². The van der Waals surface area contributed by atoms with Crippen molar-refractivity contribution in [2.75, 3.05) is 14.2 Å². The van der Waals surface area contributed by atoms with Crippen molar-refractivity contribution in [1.29, 1.82) is 0 Å². The molecular formula is C17H32O4. The molecular weight excluding hydrogens is 268 g/mol. The number of aliphatic hydroxyl groups is 2. The Hall–Kier alpha value is -0.160. The van der Waals surface area contributed by atoms with E-state index in [1.165, 1.54) is 0 Å². The zero-order valence-corrected chi connectivity index (χ0v) is 13.5. The van der Waals surface area contributed by atoms with Crippen LogP contribution in [-0.4, -0.2) is 48.8 Å². The summed E-state index contributed by atoms with van der Waals surface area (Å²) in [5.41, 5.74) is 0. The average Bonchev–Trinajstić information content (AvgIpc) is 2.55. The van der Waals surface area contributed by atoms with Crippen molar-refractivity contribution in [2.24, 2.45) is 11.8 Å². The minimum absolute atomic E-state index is 0.335. The number of methoxy groups -OCH3 is 2. The molecule has 0 aromatic rings. The quantitative estimate of drug-likeness (QED) is 0.791. The Morgan fingerprint density at radius 2 is 1.05 bits per heavy atom. The van der Waals surface area contributed by atoms with Crippen LogP contribution in [0.4, 0.5) is 0 Å². The molecule has 21 heavy (non-hydrogen) atoms. The Morgan fingerprint density at radius 3 is 1.33 bits per heavy atom. The van der Waals surface area contributed by atoms with E-state index >= 15 is 0 Å². The molecule has 2 aliphatic rings. The van der Waals surface area contributed by atoms with Crippen LogP contribution >= 0.6 is 0 Å². The molecule has 0 aliphatic heterocycles. The van der Waals surface area contributed by atoms with Crippen molar-refractivity contribution in [3.8, 4) is 0 Å². The van der Waals surface area contributed by atoms with Gasteiger partial charge in [-0.25, -0.2) is 0 Å². The van der Waals surface area contributed by atoms with Gasteiger partial charge in [0.25, 0.3) is 0 Å². The first kappa shape index (κ1) is 17.2. The highest BCUT2D eigenvalue weighted by Gasteiger charge is 2.31. The summed E-state index contributed by atoms with van der Waals surface area (Å²) >= 11 is 0. The standard InChI is InChI=1S/C17H32O4/c1-20-14-7-3-12(4-8-14)16(18)11-17(19)13-5-9-15(21-2)10-6-13/h12-19H,3-11H2,1-2H3. The van der Waals surface area contributed by atoms with E-state index in [0.29, 0.717) is 30.5 Å². The number of hydrogen-bond donors (Lipinski definition) is 2. The highest BCUT2D eigenvalue weighted by Crippen LogP contribution is 2.33. The summed E-state index contributed by atoms with van der Waals surface area (Å²) in [5.74, 6) is 0.669. The van der Waals surface area contributed by atoms with Gasteiger partial charge in [0.05, 0.1) is 24.4 Å². The van der Waals surface area contributed by atoms with E-state index in [1.54, 1.807) is 14.2 Å². The molecule has 0 aromatic carbocycles. The Balaban J connectivity index is 1.71. The molecule has 2 saturated carbocycles. The lowest BCUT2D eigenvalue weighted by Gasteiger charge is -2.35. The van der Waals surface area contributed by atoms with Crippen LogP contribution in [-0.2, 0) is 9.47 Å². The Morgan fingerprint density at radius 1 is 0.714 bits per heavy atom. The number of ether oxygens (including phenoxy) is 2. The van der Waals surface area contributed by atoms with Gasteiger partial charge in [0.2, 0.25) is 0 Å². The van der Waals surface area contributed by atoms with Gasteiger partial charge in [-0.1, -0.05) is 0 Å². The number of rotatable bonds is 6. The largest absolute Gasteiger partial charge is 0.393 e. The molecule has 0 aromatic heterocycles. The predicted octanol–water partition coefficient (Wildman–Crippen LogP) is 2.51. The molecule has 2 N–H and O–H groups in total. The normalized spacial score (nSPS) is 37.1. The average molecular weight is 300 g/mol. The van der Waals surface area contributed by atoms with Crippen molar-refractivity contribution in [1.82, 2.24) is 0 Å². The second-order valence-corrected chi connectivity index (χ2v) is 6.92. The van der Waals surface area contributed by atoms with Gasteiger partial charge in [0.1, 0.15) is 0 Å². The predicted molar refractivity (Wildman–Crippen MR) is 82.1 cm³/mol. The number of hydrogen-bond acceptors (Lipinski definition) is 4. The second kappa shape index (κ2) is 8.47. The fourth-order valence-electron chi connectivity index (χ4n) is 4.05. The van der Waals surface area contributed by atoms with Gasteiger partial charge in [-0.2, -0.15) is 0 Å². The van der Waals surface area contributed by atoms with Crippen molar-refractivity contribution in [3.63, 3.8) is 0 Å². The van der Waals surface area contributed by atoms with Gasteiger partial charge < -0.3 is 19.7 Å². The second-order valence-electron chi connectivity index (χ2n) is 6.92. The Bertz CT molecular complexity index is 253. The van der Waals surface area contributed by atoms with E-state index in [9.17, 15) is 10.2 Å². The first-order valence-corrected chi connectivity index (χ1v) is 8.55. The van der Waals surface area contributed by atoms with E-state index in [2.05, 4.69) is 0 Å². The van der Waals surface area contributed by atoms with Gasteiger partial charge >= 0.3 is 0 Å². The van der Waals surface area contributed by atoms with E-state index in [1.807, 2.05) is 0 Å². The number of aliphatic hydroxyl groups excluding tert-OH is 2. The molecule has 4 heteroatoms. The van der Waals surface area contributed by atoms with Crippen LogP contribution in [0, 0.1) is 11.8 Å². The summed E-state index contributed by atoms with van der Waals surface area (Å²) in [6.45, 7) is 0.